The Labute approximate surface area is 142 Å². The summed E-state index contributed by atoms with van der Waals surface area (Å²) < 4.78 is 59.9. The molecule has 1 aliphatic heterocycles. The van der Waals surface area contributed by atoms with Crippen molar-refractivity contribution in [1.82, 2.24) is 0 Å². The number of fused-ring (bicyclic) bond motifs is 1. The molecular formula is C16H8BrF4NO2. The molecule has 8 heteroatoms. The van der Waals surface area contributed by atoms with Crippen LogP contribution in [0.25, 0.3) is 0 Å². The zero-order valence-electron chi connectivity index (χ0n) is 11.9. The van der Waals surface area contributed by atoms with Crippen molar-refractivity contribution in [2.75, 3.05) is 5.32 Å². The van der Waals surface area contributed by atoms with Gasteiger partial charge in [-0.05, 0) is 42.7 Å². The SMILES string of the molecule is O=C1Nc2cc(Br)cc(F)c2[C@@](C#CC#CC2CC2)(C(F)(F)F)O1. The van der Waals surface area contributed by atoms with Crippen molar-refractivity contribution in [3.8, 4) is 23.7 Å². The number of benzene rings is 1. The van der Waals surface area contributed by atoms with Gasteiger partial charge >= 0.3 is 12.3 Å². The zero-order valence-corrected chi connectivity index (χ0v) is 13.4. The highest BCUT2D eigenvalue weighted by Crippen LogP contribution is 2.48. The summed E-state index contributed by atoms with van der Waals surface area (Å²) in [6, 6.07) is 1.99. The number of hydrogen-bond acceptors (Lipinski definition) is 2. The molecule has 3 rings (SSSR count). The largest absolute Gasteiger partial charge is 0.445 e. The number of anilines is 1. The first kappa shape index (κ1) is 16.7. The van der Waals surface area contributed by atoms with E-state index in [1.807, 2.05) is 5.92 Å². The van der Waals surface area contributed by atoms with Crippen molar-refractivity contribution < 1.29 is 27.1 Å². The van der Waals surface area contributed by atoms with E-state index in [2.05, 4.69) is 43.7 Å². The van der Waals surface area contributed by atoms with Crippen molar-refractivity contribution in [2.45, 2.75) is 24.6 Å². The van der Waals surface area contributed by atoms with Gasteiger partial charge in [0.15, 0.2) is 0 Å². The minimum Gasteiger partial charge on any atom is -0.415 e. The van der Waals surface area contributed by atoms with Crippen LogP contribution in [-0.4, -0.2) is 12.3 Å². The lowest BCUT2D eigenvalue weighted by atomic mass is 9.90. The highest BCUT2D eigenvalue weighted by Gasteiger charge is 2.63. The molecule has 1 fully saturated rings. The van der Waals surface area contributed by atoms with Gasteiger partial charge in [0.1, 0.15) is 5.82 Å². The van der Waals surface area contributed by atoms with Crippen molar-refractivity contribution >= 4 is 27.7 Å². The molecule has 0 bridgehead atoms. The number of alkyl halides is 3. The normalized spacial score (nSPS) is 22.1. The van der Waals surface area contributed by atoms with Crippen LogP contribution in [0.4, 0.5) is 28.0 Å². The average molecular weight is 402 g/mol. The summed E-state index contributed by atoms with van der Waals surface area (Å²) in [7, 11) is 0. The van der Waals surface area contributed by atoms with Gasteiger partial charge < -0.3 is 4.74 Å². The maximum Gasteiger partial charge on any atom is 0.445 e. The molecule has 1 N–H and O–H groups in total. The van der Waals surface area contributed by atoms with Crippen LogP contribution >= 0.6 is 15.9 Å². The molecular weight excluding hydrogens is 394 g/mol. The number of cyclic esters (lactones) is 1. The van der Waals surface area contributed by atoms with E-state index in [-0.39, 0.29) is 16.1 Å². The lowest BCUT2D eigenvalue weighted by Crippen LogP contribution is -2.50. The summed E-state index contributed by atoms with van der Waals surface area (Å²) >= 11 is 2.96. The summed E-state index contributed by atoms with van der Waals surface area (Å²) in [6.07, 6.45) is -4.77. The molecule has 1 heterocycles. The highest BCUT2D eigenvalue weighted by molar-refractivity contribution is 9.10. The predicted octanol–water partition coefficient (Wildman–Crippen LogP) is 4.32. The highest BCUT2D eigenvalue weighted by atomic mass is 79.9. The van der Waals surface area contributed by atoms with E-state index >= 15 is 0 Å². The lowest BCUT2D eigenvalue weighted by molar-refractivity contribution is -0.240. The number of carbonyl (C=O) groups excluding carboxylic acids is 1. The molecule has 3 nitrogen and oxygen atoms in total. The van der Waals surface area contributed by atoms with Gasteiger partial charge in [-0.3, -0.25) is 5.32 Å². The van der Waals surface area contributed by atoms with Gasteiger partial charge in [0.2, 0.25) is 0 Å². The minimum atomic E-state index is -5.15. The third kappa shape index (κ3) is 2.94. The molecule has 1 saturated carbocycles. The smallest absolute Gasteiger partial charge is 0.415 e. The summed E-state index contributed by atoms with van der Waals surface area (Å²) in [4.78, 5) is 11.6. The molecule has 2 aliphatic rings. The number of hydrogen-bond donors (Lipinski definition) is 1. The molecule has 0 aromatic heterocycles. The Kier molecular flexibility index (Phi) is 3.97. The van der Waals surface area contributed by atoms with E-state index < -0.39 is 29.3 Å². The van der Waals surface area contributed by atoms with Gasteiger partial charge in [0.05, 0.1) is 11.3 Å². The van der Waals surface area contributed by atoms with Gasteiger partial charge in [-0.2, -0.15) is 13.2 Å². The molecule has 24 heavy (non-hydrogen) atoms. The molecule has 1 atom stereocenters. The van der Waals surface area contributed by atoms with Gasteiger partial charge in [-0.1, -0.05) is 21.9 Å². The second-order valence-corrected chi connectivity index (χ2v) is 6.21. The Balaban J connectivity index is 2.19. The van der Waals surface area contributed by atoms with Crippen molar-refractivity contribution in [3.05, 3.63) is 28.0 Å². The third-order valence-corrected chi connectivity index (χ3v) is 3.90. The average Bonchev–Trinajstić information content (AvgIpc) is 3.24. The minimum absolute atomic E-state index is 0.136. The van der Waals surface area contributed by atoms with E-state index in [4.69, 9.17) is 0 Å². The molecule has 0 spiro atoms. The van der Waals surface area contributed by atoms with Gasteiger partial charge in [-0.25, -0.2) is 9.18 Å². The standard InChI is InChI=1S/C16H8BrF4NO2/c17-10-7-11(18)13-12(8-10)22-14(23)24-15(13,16(19,20)21)6-2-1-3-9-4-5-9/h7-9H,4-5H2,(H,22,23)/t15-/m0/s1. The Hall–Kier alpha value is -2.19. The Bertz CT molecular complexity index is 840. The quantitative estimate of drug-likeness (QED) is 0.519. The second kappa shape index (κ2) is 5.71. The first-order valence-corrected chi connectivity index (χ1v) is 7.61. The Morgan fingerprint density at radius 2 is 2.00 bits per heavy atom. The predicted molar refractivity (Wildman–Crippen MR) is 80.2 cm³/mol. The van der Waals surface area contributed by atoms with E-state index in [1.165, 1.54) is 0 Å². The third-order valence-electron chi connectivity index (χ3n) is 3.44. The molecule has 0 saturated heterocycles. The maximum atomic E-state index is 14.3. The van der Waals surface area contributed by atoms with E-state index in [0.29, 0.717) is 0 Å². The van der Waals surface area contributed by atoms with Crippen LogP contribution in [0.2, 0.25) is 0 Å². The summed E-state index contributed by atoms with van der Waals surface area (Å²) in [5, 5.41) is 2.05. The fourth-order valence-electron chi connectivity index (χ4n) is 2.20. The lowest BCUT2D eigenvalue weighted by Gasteiger charge is -2.35. The monoisotopic (exact) mass is 401 g/mol. The Morgan fingerprint density at radius 3 is 2.62 bits per heavy atom. The van der Waals surface area contributed by atoms with Gasteiger partial charge in [-0.15, -0.1) is 0 Å². The number of amides is 1. The Morgan fingerprint density at radius 1 is 1.29 bits per heavy atom. The van der Waals surface area contributed by atoms with Crippen LogP contribution in [0.5, 0.6) is 0 Å². The van der Waals surface area contributed by atoms with Crippen LogP contribution in [0.15, 0.2) is 16.6 Å². The fraction of sp³-hybridized carbons (Fsp3) is 0.312. The van der Waals surface area contributed by atoms with E-state index in [9.17, 15) is 22.4 Å². The molecule has 0 unspecified atom stereocenters. The molecule has 1 aliphatic carbocycles. The van der Waals surface area contributed by atoms with Crippen molar-refractivity contribution in [2.24, 2.45) is 5.92 Å². The van der Waals surface area contributed by atoms with Crippen LogP contribution in [0.1, 0.15) is 18.4 Å². The van der Waals surface area contributed by atoms with E-state index in [1.54, 1.807) is 0 Å². The number of halogens is 5. The summed E-state index contributed by atoms with van der Waals surface area (Å²) in [6.45, 7) is 0. The summed E-state index contributed by atoms with van der Waals surface area (Å²) in [5.41, 5.74) is -4.66. The molecule has 0 radical (unpaired) electrons. The first-order valence-electron chi connectivity index (χ1n) is 6.82. The maximum absolute atomic E-state index is 14.3. The molecule has 1 aromatic rings. The van der Waals surface area contributed by atoms with Gasteiger partial charge in [0.25, 0.3) is 5.60 Å². The topological polar surface area (TPSA) is 38.3 Å². The number of ether oxygens (including phenoxy) is 1. The van der Waals surface area contributed by atoms with Crippen LogP contribution in [0, 0.1) is 35.4 Å². The molecule has 124 valence electrons. The van der Waals surface area contributed by atoms with Crippen LogP contribution < -0.4 is 5.32 Å². The molecule has 1 aromatic carbocycles. The number of rotatable bonds is 0. The number of nitrogens with one attached hydrogen (secondary N) is 1. The van der Waals surface area contributed by atoms with Crippen LogP contribution in [0.3, 0.4) is 0 Å². The van der Waals surface area contributed by atoms with Crippen molar-refractivity contribution in [3.63, 3.8) is 0 Å². The van der Waals surface area contributed by atoms with E-state index in [0.717, 1.165) is 25.0 Å². The second-order valence-electron chi connectivity index (χ2n) is 5.30. The summed E-state index contributed by atoms with van der Waals surface area (Å²) in [5.74, 6) is 7.80. The number of carbonyl (C=O) groups is 1. The van der Waals surface area contributed by atoms with Crippen molar-refractivity contribution in [1.29, 1.82) is 0 Å². The zero-order chi connectivity index (χ0) is 17.5. The molecule has 1 amide bonds. The van der Waals surface area contributed by atoms with Gasteiger partial charge in [0, 0.05) is 10.4 Å². The fourth-order valence-corrected chi connectivity index (χ4v) is 2.63. The van der Waals surface area contributed by atoms with Crippen LogP contribution in [-0.2, 0) is 10.3 Å². The first-order chi connectivity index (χ1) is 11.2.